The lowest BCUT2D eigenvalue weighted by Gasteiger charge is -2.30. The Labute approximate surface area is 114 Å². The summed E-state index contributed by atoms with van der Waals surface area (Å²) in [5.74, 6) is 1.04. The second kappa shape index (κ2) is 6.93. The maximum absolute atomic E-state index is 3.78. The third kappa shape index (κ3) is 4.91. The van der Waals surface area contributed by atoms with E-state index in [0.717, 1.165) is 12.0 Å². The summed E-state index contributed by atoms with van der Waals surface area (Å²) < 4.78 is 0. The van der Waals surface area contributed by atoms with Crippen LogP contribution in [0.15, 0.2) is 0 Å². The highest BCUT2D eigenvalue weighted by Crippen LogP contribution is 2.48. The molecule has 0 saturated heterocycles. The highest BCUT2D eigenvalue weighted by Gasteiger charge is 2.41. The van der Waals surface area contributed by atoms with Gasteiger partial charge in [0.1, 0.15) is 0 Å². The molecule has 2 saturated carbocycles. The van der Waals surface area contributed by atoms with E-state index >= 15 is 0 Å². The molecule has 2 aliphatic rings. The summed E-state index contributed by atoms with van der Waals surface area (Å²) in [5.41, 5.74) is 0.618. The Morgan fingerprint density at radius 2 is 1.61 bits per heavy atom. The Kier molecular flexibility index (Phi) is 5.54. The fraction of sp³-hybridized carbons (Fsp3) is 1.00. The molecule has 1 nitrogen and oxygen atoms in total. The van der Waals surface area contributed by atoms with Gasteiger partial charge in [-0.2, -0.15) is 0 Å². The van der Waals surface area contributed by atoms with Gasteiger partial charge in [0.15, 0.2) is 0 Å². The molecule has 1 atom stereocenters. The number of rotatable bonds is 11. The molecule has 1 heteroatoms. The van der Waals surface area contributed by atoms with Crippen molar-refractivity contribution in [3.8, 4) is 0 Å². The van der Waals surface area contributed by atoms with Gasteiger partial charge in [0, 0.05) is 12.6 Å². The molecule has 2 rings (SSSR count). The second-order valence-electron chi connectivity index (χ2n) is 7.10. The van der Waals surface area contributed by atoms with Crippen molar-refractivity contribution in [2.45, 2.75) is 90.5 Å². The Morgan fingerprint density at radius 1 is 0.944 bits per heavy atom. The zero-order chi connectivity index (χ0) is 12.8. The monoisotopic (exact) mass is 251 g/mol. The highest BCUT2D eigenvalue weighted by molar-refractivity contribution is 4.94. The molecule has 0 spiro atoms. The van der Waals surface area contributed by atoms with Crippen LogP contribution in [-0.2, 0) is 0 Å². The van der Waals surface area contributed by atoms with Gasteiger partial charge in [0.05, 0.1) is 0 Å². The van der Waals surface area contributed by atoms with Crippen molar-refractivity contribution in [1.82, 2.24) is 5.32 Å². The van der Waals surface area contributed by atoms with Crippen molar-refractivity contribution in [2.24, 2.45) is 11.3 Å². The van der Waals surface area contributed by atoms with Gasteiger partial charge in [-0.15, -0.1) is 0 Å². The number of hydrogen-bond acceptors (Lipinski definition) is 1. The van der Waals surface area contributed by atoms with E-state index in [1.54, 1.807) is 0 Å². The van der Waals surface area contributed by atoms with Gasteiger partial charge in [0.2, 0.25) is 0 Å². The standard InChI is InChI=1S/C17H33N/c1-3-4-5-6-7-8-13-17(2,15-9-10-15)14-18-16-11-12-16/h15-16,18H,3-14H2,1-2H3. The predicted molar refractivity (Wildman–Crippen MR) is 79.8 cm³/mol. The molecule has 0 bridgehead atoms. The second-order valence-corrected chi connectivity index (χ2v) is 7.10. The summed E-state index contributed by atoms with van der Waals surface area (Å²) in [6.45, 7) is 6.14. The summed E-state index contributed by atoms with van der Waals surface area (Å²) in [7, 11) is 0. The van der Waals surface area contributed by atoms with Gasteiger partial charge in [0.25, 0.3) is 0 Å². The van der Waals surface area contributed by atoms with Gasteiger partial charge in [-0.05, 0) is 43.4 Å². The molecular formula is C17H33N. The van der Waals surface area contributed by atoms with Crippen LogP contribution < -0.4 is 5.32 Å². The molecule has 2 aliphatic carbocycles. The van der Waals surface area contributed by atoms with E-state index in [2.05, 4.69) is 19.2 Å². The predicted octanol–water partition coefficient (Wildman–Crippen LogP) is 4.91. The quantitative estimate of drug-likeness (QED) is 0.515. The Hall–Kier alpha value is -0.0400. The van der Waals surface area contributed by atoms with Crippen LogP contribution in [0.1, 0.15) is 84.5 Å². The van der Waals surface area contributed by atoms with Crippen molar-refractivity contribution in [3.05, 3.63) is 0 Å². The minimum absolute atomic E-state index is 0.618. The lowest BCUT2D eigenvalue weighted by atomic mass is 9.79. The first-order chi connectivity index (χ1) is 8.74. The fourth-order valence-electron chi connectivity index (χ4n) is 3.19. The minimum Gasteiger partial charge on any atom is -0.313 e. The molecule has 2 fully saturated rings. The van der Waals surface area contributed by atoms with Gasteiger partial charge in [-0.3, -0.25) is 0 Å². The van der Waals surface area contributed by atoms with E-state index in [0.29, 0.717) is 5.41 Å². The molecule has 0 aliphatic heterocycles. The molecule has 18 heavy (non-hydrogen) atoms. The van der Waals surface area contributed by atoms with Crippen LogP contribution in [0.5, 0.6) is 0 Å². The van der Waals surface area contributed by atoms with Crippen LogP contribution in [-0.4, -0.2) is 12.6 Å². The molecule has 1 N–H and O–H groups in total. The zero-order valence-corrected chi connectivity index (χ0v) is 12.6. The van der Waals surface area contributed by atoms with Crippen LogP contribution in [0.4, 0.5) is 0 Å². The van der Waals surface area contributed by atoms with E-state index < -0.39 is 0 Å². The minimum atomic E-state index is 0.618. The highest BCUT2D eigenvalue weighted by atomic mass is 15.0. The fourth-order valence-corrected chi connectivity index (χ4v) is 3.19. The molecule has 0 aromatic rings. The van der Waals surface area contributed by atoms with E-state index in [4.69, 9.17) is 0 Å². The van der Waals surface area contributed by atoms with E-state index in [-0.39, 0.29) is 0 Å². The Balaban J connectivity index is 1.59. The molecule has 106 valence electrons. The summed E-state index contributed by atoms with van der Waals surface area (Å²) >= 11 is 0. The summed E-state index contributed by atoms with van der Waals surface area (Å²) in [6.07, 6.45) is 16.0. The molecular weight excluding hydrogens is 218 g/mol. The summed E-state index contributed by atoms with van der Waals surface area (Å²) in [6, 6.07) is 0.882. The maximum Gasteiger partial charge on any atom is 0.00684 e. The smallest absolute Gasteiger partial charge is 0.00684 e. The molecule has 0 aromatic carbocycles. The van der Waals surface area contributed by atoms with Crippen LogP contribution in [0.3, 0.4) is 0 Å². The van der Waals surface area contributed by atoms with Gasteiger partial charge in [-0.25, -0.2) is 0 Å². The Bertz CT molecular complexity index is 230. The van der Waals surface area contributed by atoms with Gasteiger partial charge in [-0.1, -0.05) is 52.4 Å². The first kappa shape index (κ1) is 14.4. The van der Waals surface area contributed by atoms with Crippen LogP contribution >= 0.6 is 0 Å². The van der Waals surface area contributed by atoms with Crippen LogP contribution in [0, 0.1) is 11.3 Å². The molecule has 0 amide bonds. The lowest BCUT2D eigenvalue weighted by molar-refractivity contribution is 0.227. The SMILES string of the molecule is CCCCCCCCC(C)(CNC1CC1)C1CC1. The number of nitrogens with one attached hydrogen (secondary N) is 1. The molecule has 0 heterocycles. The third-order valence-corrected chi connectivity index (χ3v) is 5.04. The lowest BCUT2D eigenvalue weighted by Crippen LogP contribution is -2.34. The van der Waals surface area contributed by atoms with Crippen molar-refractivity contribution < 1.29 is 0 Å². The average Bonchev–Trinajstić information content (AvgIpc) is 3.23. The topological polar surface area (TPSA) is 12.0 Å². The molecule has 0 radical (unpaired) electrons. The average molecular weight is 251 g/mol. The normalized spacial score (nSPS) is 23.0. The zero-order valence-electron chi connectivity index (χ0n) is 12.6. The first-order valence-electron chi connectivity index (χ1n) is 8.48. The maximum atomic E-state index is 3.78. The largest absolute Gasteiger partial charge is 0.313 e. The van der Waals surface area contributed by atoms with Crippen LogP contribution in [0.25, 0.3) is 0 Å². The Morgan fingerprint density at radius 3 is 2.22 bits per heavy atom. The summed E-state index contributed by atoms with van der Waals surface area (Å²) in [4.78, 5) is 0. The molecule has 0 aromatic heterocycles. The van der Waals surface area contributed by atoms with Gasteiger partial charge >= 0.3 is 0 Å². The first-order valence-corrected chi connectivity index (χ1v) is 8.48. The van der Waals surface area contributed by atoms with Crippen molar-refractivity contribution >= 4 is 0 Å². The number of hydrogen-bond donors (Lipinski definition) is 1. The molecule has 1 unspecified atom stereocenters. The van der Waals surface area contributed by atoms with Crippen LogP contribution in [0.2, 0.25) is 0 Å². The van der Waals surface area contributed by atoms with E-state index in [1.807, 2.05) is 0 Å². The summed E-state index contributed by atoms with van der Waals surface area (Å²) in [5, 5.41) is 3.78. The van der Waals surface area contributed by atoms with Crippen molar-refractivity contribution in [1.29, 1.82) is 0 Å². The number of unbranched alkanes of at least 4 members (excludes halogenated alkanes) is 5. The third-order valence-electron chi connectivity index (χ3n) is 5.04. The van der Waals surface area contributed by atoms with E-state index in [9.17, 15) is 0 Å². The van der Waals surface area contributed by atoms with Crippen molar-refractivity contribution in [2.75, 3.05) is 6.54 Å². The van der Waals surface area contributed by atoms with E-state index in [1.165, 1.54) is 77.2 Å². The van der Waals surface area contributed by atoms with Gasteiger partial charge < -0.3 is 5.32 Å². The van der Waals surface area contributed by atoms with Crippen molar-refractivity contribution in [3.63, 3.8) is 0 Å².